The van der Waals surface area contributed by atoms with Crippen molar-refractivity contribution in [2.24, 2.45) is 0 Å². The maximum Gasteiger partial charge on any atom is 0.261 e. The summed E-state index contributed by atoms with van der Waals surface area (Å²) < 4.78 is 24.8. The van der Waals surface area contributed by atoms with E-state index in [1.807, 2.05) is 18.2 Å². The molecule has 0 bridgehead atoms. The maximum absolute atomic E-state index is 12.2. The van der Waals surface area contributed by atoms with Gasteiger partial charge < -0.3 is 5.32 Å². The van der Waals surface area contributed by atoms with Crippen LogP contribution in [0.2, 0.25) is 0 Å². The van der Waals surface area contributed by atoms with Gasteiger partial charge in [-0.1, -0.05) is 6.07 Å². The number of nitrogens with zero attached hydrogens (tertiary/aromatic N) is 2. The second-order valence-electron chi connectivity index (χ2n) is 5.01. The molecule has 0 aromatic carbocycles. The Balaban J connectivity index is 1.73. The fourth-order valence-corrected chi connectivity index (χ4v) is 4.42. The molecule has 0 fully saturated rings. The first-order valence-corrected chi connectivity index (χ1v) is 9.40. The summed E-state index contributed by atoms with van der Waals surface area (Å²) in [5.41, 5.74) is 1.41. The first kappa shape index (κ1) is 15.0. The highest BCUT2D eigenvalue weighted by atomic mass is 32.2. The Morgan fingerprint density at radius 3 is 2.95 bits per heavy atom. The molecule has 0 radical (unpaired) electrons. The van der Waals surface area contributed by atoms with E-state index in [0.717, 1.165) is 10.6 Å². The van der Waals surface area contributed by atoms with Crippen molar-refractivity contribution in [1.29, 1.82) is 0 Å². The summed E-state index contributed by atoms with van der Waals surface area (Å²) in [6, 6.07) is 7.16. The molecule has 0 spiro atoms. The number of hydrogen-bond acceptors (Lipinski definition) is 5. The van der Waals surface area contributed by atoms with E-state index in [2.05, 4.69) is 10.3 Å². The number of hydrogen-bond donors (Lipinski definition) is 1. The number of amides is 1. The number of nitrogens with one attached hydrogen (secondary N) is 1. The van der Waals surface area contributed by atoms with Gasteiger partial charge in [-0.05, 0) is 18.2 Å². The molecule has 0 aliphatic carbocycles. The highest BCUT2D eigenvalue weighted by Crippen LogP contribution is 2.37. The summed E-state index contributed by atoms with van der Waals surface area (Å²) in [5, 5.41) is 2.80. The number of aromatic nitrogens is 1. The van der Waals surface area contributed by atoms with Crippen molar-refractivity contribution >= 4 is 33.0 Å². The number of fused-ring (bicyclic) bond motifs is 1. The van der Waals surface area contributed by atoms with Crippen molar-refractivity contribution in [3.8, 4) is 0 Å². The predicted molar refractivity (Wildman–Crippen MR) is 85.6 cm³/mol. The standard InChI is InChI=1S/C14H15N3O3S2/c1-22(19,20)17-7-5-12-11(17)8-13(21-12)14(18)16-9-10-4-2-3-6-15-10/h2-4,6,8H,5,7,9H2,1H3,(H,16,18). The Kier molecular flexibility index (Phi) is 3.88. The van der Waals surface area contributed by atoms with E-state index in [-0.39, 0.29) is 5.91 Å². The second-order valence-corrected chi connectivity index (χ2v) is 8.05. The van der Waals surface area contributed by atoms with Gasteiger partial charge in [0.2, 0.25) is 10.0 Å². The van der Waals surface area contributed by atoms with E-state index in [4.69, 9.17) is 0 Å². The fraction of sp³-hybridized carbons (Fsp3) is 0.286. The van der Waals surface area contributed by atoms with Crippen LogP contribution in [-0.4, -0.2) is 32.1 Å². The van der Waals surface area contributed by atoms with E-state index >= 15 is 0 Å². The van der Waals surface area contributed by atoms with E-state index in [1.165, 1.54) is 21.9 Å². The zero-order chi connectivity index (χ0) is 15.7. The van der Waals surface area contributed by atoms with Crippen molar-refractivity contribution in [3.05, 3.63) is 45.9 Å². The largest absolute Gasteiger partial charge is 0.346 e. The van der Waals surface area contributed by atoms with Gasteiger partial charge in [-0.25, -0.2) is 8.42 Å². The van der Waals surface area contributed by atoms with E-state index in [1.54, 1.807) is 12.3 Å². The summed E-state index contributed by atoms with van der Waals surface area (Å²) in [4.78, 5) is 17.8. The van der Waals surface area contributed by atoms with Crippen LogP contribution in [-0.2, 0) is 23.0 Å². The topological polar surface area (TPSA) is 79.4 Å². The lowest BCUT2D eigenvalue weighted by Crippen LogP contribution is -2.27. The average molecular weight is 337 g/mol. The zero-order valence-electron chi connectivity index (χ0n) is 11.9. The lowest BCUT2D eigenvalue weighted by atomic mass is 10.3. The van der Waals surface area contributed by atoms with Crippen LogP contribution in [0, 0.1) is 0 Å². The molecule has 3 rings (SSSR count). The number of thiophene rings is 1. The van der Waals surface area contributed by atoms with Crippen LogP contribution in [0.4, 0.5) is 5.69 Å². The molecular formula is C14H15N3O3S2. The SMILES string of the molecule is CS(=O)(=O)N1CCc2sc(C(=O)NCc3ccccn3)cc21. The third kappa shape index (κ3) is 2.97. The normalized spacial score (nSPS) is 14.0. The Hall–Kier alpha value is -1.93. The monoisotopic (exact) mass is 337 g/mol. The van der Waals surface area contributed by atoms with Crippen LogP contribution in [0.15, 0.2) is 30.5 Å². The van der Waals surface area contributed by atoms with Crippen LogP contribution in [0.3, 0.4) is 0 Å². The predicted octanol–water partition coefficient (Wildman–Crippen LogP) is 1.40. The molecule has 116 valence electrons. The van der Waals surface area contributed by atoms with Gasteiger partial charge in [0.05, 0.1) is 29.1 Å². The Morgan fingerprint density at radius 2 is 2.27 bits per heavy atom. The quantitative estimate of drug-likeness (QED) is 0.914. The number of carbonyl (C=O) groups excluding carboxylic acids is 1. The van der Waals surface area contributed by atoms with E-state index in [0.29, 0.717) is 30.1 Å². The first-order chi connectivity index (χ1) is 10.4. The Labute approximate surface area is 132 Å². The Bertz CT molecular complexity index is 800. The molecule has 6 nitrogen and oxygen atoms in total. The van der Waals surface area contributed by atoms with Gasteiger partial charge in [0.1, 0.15) is 0 Å². The molecule has 2 aromatic heterocycles. The molecule has 0 saturated heterocycles. The second kappa shape index (κ2) is 5.69. The van der Waals surface area contributed by atoms with Crippen molar-refractivity contribution in [3.63, 3.8) is 0 Å². The number of rotatable bonds is 4. The molecule has 1 aliphatic heterocycles. The maximum atomic E-state index is 12.2. The molecule has 22 heavy (non-hydrogen) atoms. The number of anilines is 1. The van der Waals surface area contributed by atoms with Gasteiger partial charge in [-0.15, -0.1) is 11.3 Å². The molecule has 1 N–H and O–H groups in total. The molecule has 1 amide bonds. The summed E-state index contributed by atoms with van der Waals surface area (Å²) in [5.74, 6) is -0.210. The summed E-state index contributed by atoms with van der Waals surface area (Å²) in [6.07, 6.45) is 3.51. The molecule has 8 heteroatoms. The molecule has 0 saturated carbocycles. The zero-order valence-corrected chi connectivity index (χ0v) is 13.6. The minimum absolute atomic E-state index is 0.210. The number of pyridine rings is 1. The first-order valence-electron chi connectivity index (χ1n) is 6.73. The van der Waals surface area contributed by atoms with Gasteiger partial charge in [0.25, 0.3) is 5.91 Å². The molecule has 1 aliphatic rings. The molecule has 3 heterocycles. The van der Waals surface area contributed by atoms with Crippen LogP contribution < -0.4 is 9.62 Å². The van der Waals surface area contributed by atoms with Crippen LogP contribution in [0.1, 0.15) is 20.2 Å². The van der Waals surface area contributed by atoms with Crippen molar-refractivity contribution in [2.45, 2.75) is 13.0 Å². The lowest BCUT2D eigenvalue weighted by Gasteiger charge is -2.14. The number of carbonyl (C=O) groups is 1. The third-order valence-electron chi connectivity index (χ3n) is 3.38. The molecular weight excluding hydrogens is 322 g/mol. The van der Waals surface area contributed by atoms with Gasteiger partial charge in [-0.2, -0.15) is 0 Å². The highest BCUT2D eigenvalue weighted by Gasteiger charge is 2.29. The van der Waals surface area contributed by atoms with E-state index in [9.17, 15) is 13.2 Å². The van der Waals surface area contributed by atoms with Crippen LogP contribution in [0.5, 0.6) is 0 Å². The average Bonchev–Trinajstić information content (AvgIpc) is 3.04. The molecule has 2 aromatic rings. The summed E-state index contributed by atoms with van der Waals surface area (Å²) in [7, 11) is -3.29. The third-order valence-corrected chi connectivity index (χ3v) is 5.74. The van der Waals surface area contributed by atoms with Gasteiger partial charge in [-0.3, -0.25) is 14.1 Å². The molecule has 0 atom stereocenters. The van der Waals surface area contributed by atoms with Crippen LogP contribution in [0.25, 0.3) is 0 Å². The minimum atomic E-state index is -3.29. The van der Waals surface area contributed by atoms with Crippen LogP contribution >= 0.6 is 11.3 Å². The Morgan fingerprint density at radius 1 is 1.45 bits per heavy atom. The number of sulfonamides is 1. The van der Waals surface area contributed by atoms with Gasteiger partial charge >= 0.3 is 0 Å². The smallest absolute Gasteiger partial charge is 0.261 e. The van der Waals surface area contributed by atoms with Crippen molar-refractivity contribution in [2.75, 3.05) is 17.1 Å². The van der Waals surface area contributed by atoms with Crippen molar-refractivity contribution in [1.82, 2.24) is 10.3 Å². The van der Waals surface area contributed by atoms with Crippen molar-refractivity contribution < 1.29 is 13.2 Å². The van der Waals surface area contributed by atoms with Gasteiger partial charge in [0.15, 0.2) is 0 Å². The lowest BCUT2D eigenvalue weighted by molar-refractivity contribution is 0.0954. The highest BCUT2D eigenvalue weighted by molar-refractivity contribution is 7.92. The van der Waals surface area contributed by atoms with E-state index < -0.39 is 10.0 Å². The molecule has 0 unspecified atom stereocenters. The fourth-order valence-electron chi connectivity index (χ4n) is 2.35. The minimum Gasteiger partial charge on any atom is -0.346 e. The van der Waals surface area contributed by atoms with Gasteiger partial charge in [0, 0.05) is 24.0 Å². The summed E-state index contributed by atoms with van der Waals surface area (Å²) >= 11 is 1.35. The summed E-state index contributed by atoms with van der Waals surface area (Å²) in [6.45, 7) is 0.799.